The van der Waals surface area contributed by atoms with Crippen LogP contribution in [0.1, 0.15) is 64.7 Å². The molecule has 0 unspecified atom stereocenters. The van der Waals surface area contributed by atoms with Crippen LogP contribution in [-0.4, -0.2) is 20.7 Å². The minimum Gasteiger partial charge on any atom is -0.215 e. The fourth-order valence-corrected chi connectivity index (χ4v) is 2.89. The summed E-state index contributed by atoms with van der Waals surface area (Å²) in [5, 5.41) is 8.34. The van der Waals surface area contributed by atoms with E-state index >= 15 is 0 Å². The fourth-order valence-electron chi connectivity index (χ4n) is 1.70. The van der Waals surface area contributed by atoms with Gasteiger partial charge in [-0.05, 0) is 19.3 Å². The molecule has 106 valence electrons. The van der Waals surface area contributed by atoms with Gasteiger partial charge in [-0.2, -0.15) is 5.26 Å². The molecule has 5 heteroatoms. The molecule has 0 aliphatic rings. The molecule has 0 fully saturated rings. The molecule has 0 aromatic heterocycles. The molecule has 0 atom stereocenters. The maximum Gasteiger partial charge on any atom is 0.211 e. The number of hydrogen-bond donors (Lipinski definition) is 1. The summed E-state index contributed by atoms with van der Waals surface area (Å²) in [4.78, 5) is 0. The quantitative estimate of drug-likeness (QED) is 0.556. The van der Waals surface area contributed by atoms with E-state index in [-0.39, 0.29) is 5.75 Å². The number of sulfonamides is 1. The highest BCUT2D eigenvalue weighted by Gasteiger charge is 2.08. The minimum absolute atomic E-state index is 0.234. The van der Waals surface area contributed by atoms with E-state index in [0.29, 0.717) is 13.0 Å². The van der Waals surface area contributed by atoms with Crippen LogP contribution in [0.15, 0.2) is 0 Å². The molecule has 4 nitrogen and oxygen atoms in total. The van der Waals surface area contributed by atoms with Crippen molar-refractivity contribution in [2.75, 3.05) is 12.3 Å². The Kier molecular flexibility index (Phi) is 11.1. The SMILES string of the molecule is CCCCCCCCS(=O)(=O)NCCCCC#N. The summed E-state index contributed by atoms with van der Waals surface area (Å²) in [5.74, 6) is 0.234. The molecule has 1 N–H and O–H groups in total. The van der Waals surface area contributed by atoms with Crippen molar-refractivity contribution in [2.45, 2.75) is 64.7 Å². The molecule has 0 aliphatic carbocycles. The van der Waals surface area contributed by atoms with Gasteiger partial charge in [0.1, 0.15) is 0 Å². The molecule has 0 aromatic carbocycles. The molecule has 0 saturated carbocycles. The summed E-state index contributed by atoms with van der Waals surface area (Å²) in [7, 11) is -3.09. The smallest absolute Gasteiger partial charge is 0.211 e. The van der Waals surface area contributed by atoms with Crippen molar-refractivity contribution in [3.8, 4) is 6.07 Å². The van der Waals surface area contributed by atoms with Gasteiger partial charge in [-0.1, -0.05) is 39.0 Å². The van der Waals surface area contributed by atoms with Gasteiger partial charge >= 0.3 is 0 Å². The number of unbranched alkanes of at least 4 members (excludes halogenated alkanes) is 7. The van der Waals surface area contributed by atoms with Crippen LogP contribution in [0, 0.1) is 11.3 Å². The molecule has 0 spiro atoms. The standard InChI is InChI=1S/C13H26N2O2S/c1-2-3-4-5-6-10-13-18(16,17)15-12-9-7-8-11-14/h15H,2-10,12-13H2,1H3. The summed E-state index contributed by atoms with van der Waals surface area (Å²) in [6.07, 6.45) is 8.53. The molecule has 0 heterocycles. The van der Waals surface area contributed by atoms with Crippen LogP contribution in [0.3, 0.4) is 0 Å². The van der Waals surface area contributed by atoms with Crippen LogP contribution >= 0.6 is 0 Å². The third kappa shape index (κ3) is 11.9. The van der Waals surface area contributed by atoms with Gasteiger partial charge in [-0.25, -0.2) is 13.1 Å². The maximum atomic E-state index is 11.6. The largest absolute Gasteiger partial charge is 0.215 e. The molecular weight excluding hydrogens is 248 g/mol. The summed E-state index contributed by atoms with van der Waals surface area (Å²) >= 11 is 0. The monoisotopic (exact) mass is 274 g/mol. The van der Waals surface area contributed by atoms with E-state index in [2.05, 4.69) is 11.6 Å². The lowest BCUT2D eigenvalue weighted by atomic mass is 10.1. The first-order chi connectivity index (χ1) is 8.62. The summed E-state index contributed by atoms with van der Waals surface area (Å²) in [5.41, 5.74) is 0. The van der Waals surface area contributed by atoms with Crippen molar-refractivity contribution in [3.63, 3.8) is 0 Å². The number of nitrogens with one attached hydrogen (secondary N) is 1. The van der Waals surface area contributed by atoms with Gasteiger partial charge in [0.25, 0.3) is 0 Å². The number of rotatable bonds is 12. The molecule has 0 amide bonds. The van der Waals surface area contributed by atoms with E-state index in [0.717, 1.165) is 32.1 Å². The van der Waals surface area contributed by atoms with E-state index in [9.17, 15) is 8.42 Å². The van der Waals surface area contributed by atoms with Crippen molar-refractivity contribution in [3.05, 3.63) is 0 Å². The third-order valence-electron chi connectivity index (χ3n) is 2.80. The van der Waals surface area contributed by atoms with E-state index < -0.39 is 10.0 Å². The first-order valence-corrected chi connectivity index (χ1v) is 8.62. The highest BCUT2D eigenvalue weighted by Crippen LogP contribution is 2.06. The Balaban J connectivity index is 3.47. The van der Waals surface area contributed by atoms with Gasteiger partial charge in [0.15, 0.2) is 0 Å². The van der Waals surface area contributed by atoms with Gasteiger partial charge in [0.05, 0.1) is 11.8 Å². The van der Waals surface area contributed by atoms with E-state index in [1.54, 1.807) is 0 Å². The average molecular weight is 274 g/mol. The van der Waals surface area contributed by atoms with E-state index in [1.165, 1.54) is 19.3 Å². The van der Waals surface area contributed by atoms with Gasteiger partial charge in [-0.15, -0.1) is 0 Å². The van der Waals surface area contributed by atoms with Crippen molar-refractivity contribution in [2.24, 2.45) is 0 Å². The summed E-state index contributed by atoms with van der Waals surface area (Å²) < 4.78 is 25.7. The average Bonchev–Trinajstić information content (AvgIpc) is 2.33. The molecule has 0 rings (SSSR count). The number of hydrogen-bond acceptors (Lipinski definition) is 3. The molecule has 18 heavy (non-hydrogen) atoms. The van der Waals surface area contributed by atoms with Crippen molar-refractivity contribution in [1.82, 2.24) is 4.72 Å². The van der Waals surface area contributed by atoms with E-state index in [1.807, 2.05) is 6.07 Å². The highest BCUT2D eigenvalue weighted by atomic mass is 32.2. The second kappa shape index (κ2) is 11.5. The molecule has 0 aliphatic heterocycles. The van der Waals surface area contributed by atoms with Crippen LogP contribution in [0.4, 0.5) is 0 Å². The maximum absolute atomic E-state index is 11.6. The second-order valence-electron chi connectivity index (χ2n) is 4.60. The van der Waals surface area contributed by atoms with Crippen molar-refractivity contribution in [1.29, 1.82) is 5.26 Å². The molecule has 0 aromatic rings. The Bertz CT molecular complexity index is 320. The Morgan fingerprint density at radius 3 is 2.33 bits per heavy atom. The Hall–Kier alpha value is -0.600. The van der Waals surface area contributed by atoms with Gasteiger partial charge in [-0.3, -0.25) is 0 Å². The Morgan fingerprint density at radius 2 is 1.67 bits per heavy atom. The van der Waals surface area contributed by atoms with Crippen molar-refractivity contribution < 1.29 is 8.42 Å². The topological polar surface area (TPSA) is 70.0 Å². The molecule has 0 saturated heterocycles. The molecule has 0 radical (unpaired) electrons. The first kappa shape index (κ1) is 17.4. The van der Waals surface area contributed by atoms with Crippen LogP contribution in [0.2, 0.25) is 0 Å². The number of nitrogens with zero attached hydrogens (tertiary/aromatic N) is 1. The van der Waals surface area contributed by atoms with E-state index in [4.69, 9.17) is 5.26 Å². The Morgan fingerprint density at radius 1 is 1.00 bits per heavy atom. The number of nitriles is 1. The lowest BCUT2D eigenvalue weighted by molar-refractivity contribution is 0.567. The second-order valence-corrected chi connectivity index (χ2v) is 6.52. The molecular formula is C13H26N2O2S. The predicted molar refractivity (Wildman–Crippen MR) is 74.6 cm³/mol. The van der Waals surface area contributed by atoms with Gasteiger partial charge < -0.3 is 0 Å². The summed E-state index contributed by atoms with van der Waals surface area (Å²) in [6.45, 7) is 2.63. The third-order valence-corrected chi connectivity index (χ3v) is 4.27. The van der Waals surface area contributed by atoms with Crippen LogP contribution < -0.4 is 4.72 Å². The highest BCUT2D eigenvalue weighted by molar-refractivity contribution is 7.89. The first-order valence-electron chi connectivity index (χ1n) is 6.96. The van der Waals surface area contributed by atoms with Crippen LogP contribution in [-0.2, 0) is 10.0 Å². The zero-order valence-corrected chi connectivity index (χ0v) is 12.3. The summed E-state index contributed by atoms with van der Waals surface area (Å²) in [6, 6.07) is 2.05. The lowest BCUT2D eigenvalue weighted by Crippen LogP contribution is -2.27. The van der Waals surface area contributed by atoms with Crippen molar-refractivity contribution >= 4 is 10.0 Å². The van der Waals surface area contributed by atoms with Gasteiger partial charge in [0, 0.05) is 13.0 Å². The lowest BCUT2D eigenvalue weighted by Gasteiger charge is -2.06. The van der Waals surface area contributed by atoms with Crippen LogP contribution in [0.25, 0.3) is 0 Å². The normalized spacial score (nSPS) is 11.3. The zero-order valence-electron chi connectivity index (χ0n) is 11.5. The zero-order chi connectivity index (χ0) is 13.7. The Labute approximate surface area is 112 Å². The van der Waals surface area contributed by atoms with Crippen LogP contribution in [0.5, 0.6) is 0 Å². The molecule has 0 bridgehead atoms. The fraction of sp³-hybridized carbons (Fsp3) is 0.923. The predicted octanol–water partition coefficient (Wildman–Crippen LogP) is 2.96. The van der Waals surface area contributed by atoms with Gasteiger partial charge in [0.2, 0.25) is 10.0 Å². The minimum atomic E-state index is -3.09.